The number of aryl methyl sites for hydroxylation is 1. The van der Waals surface area contributed by atoms with Gasteiger partial charge in [-0.1, -0.05) is 30.3 Å². The first-order valence-corrected chi connectivity index (χ1v) is 9.49. The molecule has 2 aromatic heterocycles. The van der Waals surface area contributed by atoms with Gasteiger partial charge in [-0.15, -0.1) is 11.3 Å². The second-order valence-corrected chi connectivity index (χ2v) is 7.37. The van der Waals surface area contributed by atoms with Crippen LogP contribution in [0.15, 0.2) is 67.0 Å². The van der Waals surface area contributed by atoms with Crippen molar-refractivity contribution in [2.45, 2.75) is 6.92 Å². The molecule has 0 radical (unpaired) electrons. The van der Waals surface area contributed by atoms with E-state index in [2.05, 4.69) is 15.4 Å². The van der Waals surface area contributed by atoms with Gasteiger partial charge in [0.2, 0.25) is 0 Å². The number of nitrogens with one attached hydrogen (secondary N) is 1. The van der Waals surface area contributed by atoms with Crippen LogP contribution in [-0.4, -0.2) is 27.8 Å². The molecule has 0 spiro atoms. The molecule has 4 aromatic rings. The minimum Gasteiger partial charge on any atom is -0.497 e. The lowest BCUT2D eigenvalue weighted by Gasteiger charge is -2.05. The Morgan fingerprint density at radius 2 is 1.96 bits per heavy atom. The molecule has 0 saturated carbocycles. The van der Waals surface area contributed by atoms with Crippen molar-refractivity contribution in [2.75, 3.05) is 12.4 Å². The van der Waals surface area contributed by atoms with Crippen LogP contribution in [0.5, 0.6) is 5.75 Å². The third-order valence-corrected chi connectivity index (χ3v) is 4.99. The summed E-state index contributed by atoms with van der Waals surface area (Å²) in [6, 6.07) is 17.2. The molecule has 0 unspecified atom stereocenters. The Labute approximate surface area is 166 Å². The minimum atomic E-state index is -0.255. The SMILES string of the molecule is COc1cccc(-c2nn(-c3ccccc3)cc2C(=O)Nc2ncc(C)s2)c1. The molecule has 0 aliphatic carbocycles. The standard InChI is InChI=1S/C21H18N4O2S/c1-14-12-22-21(28-14)23-20(26)18-13-25(16-8-4-3-5-9-16)24-19(18)15-7-6-10-17(11-15)27-2/h3-13H,1-2H3,(H,22,23,26). The minimum absolute atomic E-state index is 0.255. The highest BCUT2D eigenvalue weighted by atomic mass is 32.1. The lowest BCUT2D eigenvalue weighted by molar-refractivity contribution is 0.102. The molecule has 0 atom stereocenters. The molecule has 6 nitrogen and oxygen atoms in total. The summed E-state index contributed by atoms with van der Waals surface area (Å²) in [7, 11) is 1.61. The van der Waals surface area contributed by atoms with Crippen molar-refractivity contribution in [1.29, 1.82) is 0 Å². The van der Waals surface area contributed by atoms with Crippen molar-refractivity contribution >= 4 is 22.4 Å². The summed E-state index contributed by atoms with van der Waals surface area (Å²) >= 11 is 1.43. The molecule has 0 fully saturated rings. The molecule has 0 aliphatic heterocycles. The van der Waals surface area contributed by atoms with Crippen LogP contribution < -0.4 is 10.1 Å². The normalized spacial score (nSPS) is 10.6. The summed E-state index contributed by atoms with van der Waals surface area (Å²) < 4.78 is 7.03. The summed E-state index contributed by atoms with van der Waals surface area (Å²) in [4.78, 5) is 18.2. The van der Waals surface area contributed by atoms with Crippen molar-refractivity contribution in [1.82, 2.24) is 14.8 Å². The van der Waals surface area contributed by atoms with Crippen LogP contribution in [0.4, 0.5) is 5.13 Å². The fourth-order valence-corrected chi connectivity index (χ4v) is 3.47. The maximum atomic E-state index is 13.0. The Balaban J connectivity index is 1.78. The number of ether oxygens (including phenoxy) is 1. The zero-order valence-corrected chi connectivity index (χ0v) is 16.2. The lowest BCUT2D eigenvalue weighted by Crippen LogP contribution is -2.12. The molecule has 140 valence electrons. The van der Waals surface area contributed by atoms with Gasteiger partial charge in [0.25, 0.3) is 5.91 Å². The number of aromatic nitrogens is 3. The predicted octanol–water partition coefficient (Wildman–Crippen LogP) is 4.57. The number of thiazole rings is 1. The number of anilines is 1. The molecule has 4 rings (SSSR count). The average molecular weight is 390 g/mol. The van der Waals surface area contributed by atoms with Crippen LogP contribution in [0.2, 0.25) is 0 Å². The second-order valence-electron chi connectivity index (χ2n) is 6.13. The van der Waals surface area contributed by atoms with E-state index in [0.717, 1.165) is 16.1 Å². The van der Waals surface area contributed by atoms with E-state index in [4.69, 9.17) is 4.74 Å². The Kier molecular flexibility index (Phi) is 4.90. The molecule has 28 heavy (non-hydrogen) atoms. The van der Waals surface area contributed by atoms with E-state index in [1.807, 2.05) is 61.5 Å². The van der Waals surface area contributed by atoms with Crippen molar-refractivity contribution in [3.8, 4) is 22.7 Å². The predicted molar refractivity (Wildman–Crippen MR) is 110 cm³/mol. The van der Waals surface area contributed by atoms with E-state index >= 15 is 0 Å². The first-order valence-electron chi connectivity index (χ1n) is 8.67. The highest BCUT2D eigenvalue weighted by Gasteiger charge is 2.20. The van der Waals surface area contributed by atoms with Gasteiger partial charge in [0, 0.05) is 22.8 Å². The van der Waals surface area contributed by atoms with E-state index < -0.39 is 0 Å². The summed E-state index contributed by atoms with van der Waals surface area (Å²) in [5.74, 6) is 0.447. The van der Waals surface area contributed by atoms with E-state index in [9.17, 15) is 4.79 Å². The fraction of sp³-hybridized carbons (Fsp3) is 0.0952. The van der Waals surface area contributed by atoms with Crippen molar-refractivity contribution in [3.63, 3.8) is 0 Å². The number of para-hydroxylation sites is 1. The van der Waals surface area contributed by atoms with Crippen LogP contribution in [0, 0.1) is 6.92 Å². The van der Waals surface area contributed by atoms with Crippen molar-refractivity contribution < 1.29 is 9.53 Å². The summed E-state index contributed by atoms with van der Waals surface area (Å²) in [6.07, 6.45) is 3.47. The number of methoxy groups -OCH3 is 1. The van der Waals surface area contributed by atoms with Crippen molar-refractivity contribution in [2.24, 2.45) is 0 Å². The summed E-state index contributed by atoms with van der Waals surface area (Å²) in [5.41, 5.74) is 2.71. The van der Waals surface area contributed by atoms with Crippen LogP contribution >= 0.6 is 11.3 Å². The number of hydrogen-bond acceptors (Lipinski definition) is 5. The van der Waals surface area contributed by atoms with Gasteiger partial charge in [0.05, 0.1) is 18.4 Å². The number of hydrogen-bond donors (Lipinski definition) is 1. The Hall–Kier alpha value is -3.45. The van der Waals surface area contributed by atoms with Gasteiger partial charge in [-0.2, -0.15) is 5.10 Å². The van der Waals surface area contributed by atoms with E-state index in [1.165, 1.54) is 11.3 Å². The van der Waals surface area contributed by atoms with Crippen molar-refractivity contribution in [3.05, 3.63) is 77.4 Å². The average Bonchev–Trinajstić information content (AvgIpc) is 3.35. The molecule has 0 aliphatic rings. The monoisotopic (exact) mass is 390 g/mol. The van der Waals surface area contributed by atoms with Crippen LogP contribution in [0.3, 0.4) is 0 Å². The van der Waals surface area contributed by atoms with E-state index in [1.54, 1.807) is 24.2 Å². The highest BCUT2D eigenvalue weighted by Crippen LogP contribution is 2.28. The van der Waals surface area contributed by atoms with E-state index in [-0.39, 0.29) is 5.91 Å². The van der Waals surface area contributed by atoms with Gasteiger partial charge in [-0.05, 0) is 31.2 Å². The van der Waals surface area contributed by atoms with Gasteiger partial charge in [0.1, 0.15) is 11.4 Å². The smallest absolute Gasteiger partial charge is 0.261 e. The molecular weight excluding hydrogens is 372 g/mol. The third kappa shape index (κ3) is 3.65. The maximum Gasteiger partial charge on any atom is 0.261 e. The Morgan fingerprint density at radius 3 is 2.68 bits per heavy atom. The van der Waals surface area contributed by atoms with Gasteiger partial charge in [-0.3, -0.25) is 10.1 Å². The van der Waals surface area contributed by atoms with Crippen LogP contribution in [0.1, 0.15) is 15.2 Å². The summed E-state index contributed by atoms with van der Waals surface area (Å²) in [6.45, 7) is 1.95. The number of amides is 1. The van der Waals surface area contributed by atoms with E-state index in [0.29, 0.717) is 22.1 Å². The number of benzene rings is 2. The largest absolute Gasteiger partial charge is 0.497 e. The molecule has 7 heteroatoms. The maximum absolute atomic E-state index is 13.0. The number of rotatable bonds is 5. The fourth-order valence-electron chi connectivity index (χ4n) is 2.81. The van der Waals surface area contributed by atoms with Crippen LogP contribution in [-0.2, 0) is 0 Å². The summed E-state index contributed by atoms with van der Waals surface area (Å²) in [5, 5.41) is 8.11. The zero-order chi connectivity index (χ0) is 19.5. The van der Waals surface area contributed by atoms with Gasteiger partial charge in [0.15, 0.2) is 5.13 Å². The lowest BCUT2D eigenvalue weighted by atomic mass is 10.1. The molecule has 2 heterocycles. The second kappa shape index (κ2) is 7.66. The number of carbonyl (C=O) groups is 1. The van der Waals surface area contributed by atoms with Gasteiger partial charge < -0.3 is 4.74 Å². The topological polar surface area (TPSA) is 69.0 Å². The molecular formula is C21H18N4O2S. The molecule has 0 saturated heterocycles. The Morgan fingerprint density at radius 1 is 1.14 bits per heavy atom. The first-order chi connectivity index (χ1) is 13.6. The number of carbonyl (C=O) groups excluding carboxylic acids is 1. The number of nitrogens with zero attached hydrogens (tertiary/aromatic N) is 3. The van der Waals surface area contributed by atoms with Gasteiger partial charge in [-0.25, -0.2) is 9.67 Å². The molecule has 1 amide bonds. The quantitative estimate of drug-likeness (QED) is 0.542. The molecule has 1 N–H and O–H groups in total. The highest BCUT2D eigenvalue weighted by molar-refractivity contribution is 7.15. The first kappa shape index (κ1) is 17.9. The zero-order valence-electron chi connectivity index (χ0n) is 15.4. The van der Waals surface area contributed by atoms with Gasteiger partial charge >= 0.3 is 0 Å². The third-order valence-electron chi connectivity index (χ3n) is 4.16. The molecule has 2 aromatic carbocycles. The molecule has 0 bridgehead atoms. The Bertz CT molecular complexity index is 1120. The van der Waals surface area contributed by atoms with Crippen LogP contribution in [0.25, 0.3) is 16.9 Å².